The molecule has 0 spiro atoms. The van der Waals surface area contributed by atoms with Gasteiger partial charge in [-0.25, -0.2) is 0 Å². The van der Waals surface area contributed by atoms with Crippen LogP contribution < -0.4 is 4.74 Å². The maximum absolute atomic E-state index is 6.45. The Labute approximate surface area is 136 Å². The van der Waals surface area contributed by atoms with Gasteiger partial charge in [-0.1, -0.05) is 26.8 Å². The SMILES string of the molecule is C=CC(CCc1c(OC)ccnc1C)O[Si](C)(C)C(C)(C)C. The number of methoxy groups -OCH3 is 1. The Morgan fingerprint density at radius 1 is 1.36 bits per heavy atom. The molecule has 1 aromatic rings. The topological polar surface area (TPSA) is 31.4 Å². The van der Waals surface area contributed by atoms with E-state index in [0.29, 0.717) is 0 Å². The molecule has 0 amide bonds. The van der Waals surface area contributed by atoms with Gasteiger partial charge in [0.25, 0.3) is 0 Å². The minimum atomic E-state index is -1.78. The molecule has 0 aliphatic rings. The lowest BCUT2D eigenvalue weighted by Gasteiger charge is -2.38. The zero-order chi connectivity index (χ0) is 17.0. The van der Waals surface area contributed by atoms with E-state index in [1.54, 1.807) is 13.3 Å². The van der Waals surface area contributed by atoms with Crippen LogP contribution in [-0.2, 0) is 10.8 Å². The number of nitrogens with zero attached hydrogens (tertiary/aromatic N) is 1. The van der Waals surface area contributed by atoms with Crippen molar-refractivity contribution in [2.45, 2.75) is 64.8 Å². The molecule has 0 aliphatic carbocycles. The van der Waals surface area contributed by atoms with Crippen molar-refractivity contribution in [2.24, 2.45) is 0 Å². The molecule has 0 aliphatic heterocycles. The lowest BCUT2D eigenvalue weighted by Crippen LogP contribution is -2.43. The molecular formula is C18H31NO2Si. The minimum Gasteiger partial charge on any atom is -0.496 e. The molecule has 4 heteroatoms. The van der Waals surface area contributed by atoms with Crippen molar-refractivity contribution >= 4 is 8.32 Å². The Morgan fingerprint density at radius 3 is 2.50 bits per heavy atom. The minimum absolute atomic E-state index is 0.0743. The highest BCUT2D eigenvalue weighted by Gasteiger charge is 2.38. The summed E-state index contributed by atoms with van der Waals surface area (Å²) in [5.74, 6) is 0.905. The van der Waals surface area contributed by atoms with E-state index in [-0.39, 0.29) is 11.1 Å². The van der Waals surface area contributed by atoms with Gasteiger partial charge in [0.2, 0.25) is 0 Å². The van der Waals surface area contributed by atoms with Crippen LogP contribution in [0.2, 0.25) is 18.1 Å². The fraction of sp³-hybridized carbons (Fsp3) is 0.611. The van der Waals surface area contributed by atoms with Gasteiger partial charge in [0.05, 0.1) is 13.2 Å². The van der Waals surface area contributed by atoms with Gasteiger partial charge in [-0.05, 0) is 44.0 Å². The van der Waals surface area contributed by atoms with Gasteiger partial charge in [-0.3, -0.25) is 4.98 Å². The molecular weight excluding hydrogens is 290 g/mol. The first-order valence-electron chi connectivity index (χ1n) is 7.91. The van der Waals surface area contributed by atoms with E-state index in [1.165, 1.54) is 0 Å². The number of aromatic nitrogens is 1. The number of pyridine rings is 1. The van der Waals surface area contributed by atoms with Gasteiger partial charge >= 0.3 is 0 Å². The Kier molecular flexibility index (Phi) is 6.38. The summed E-state index contributed by atoms with van der Waals surface area (Å²) in [6, 6.07) is 1.92. The Balaban J connectivity index is 2.79. The lowest BCUT2D eigenvalue weighted by atomic mass is 10.0. The highest BCUT2D eigenvalue weighted by atomic mass is 28.4. The van der Waals surface area contributed by atoms with Crippen LogP contribution in [0.4, 0.5) is 0 Å². The molecule has 22 heavy (non-hydrogen) atoms. The normalized spacial score (nSPS) is 13.8. The molecule has 1 heterocycles. The maximum Gasteiger partial charge on any atom is 0.192 e. The predicted molar refractivity (Wildman–Crippen MR) is 96.1 cm³/mol. The van der Waals surface area contributed by atoms with Crippen LogP contribution in [0.1, 0.15) is 38.4 Å². The summed E-state index contributed by atoms with van der Waals surface area (Å²) in [4.78, 5) is 4.37. The van der Waals surface area contributed by atoms with Crippen molar-refractivity contribution in [3.63, 3.8) is 0 Å². The number of rotatable bonds is 7. The van der Waals surface area contributed by atoms with E-state index in [9.17, 15) is 0 Å². The summed E-state index contributed by atoms with van der Waals surface area (Å²) in [7, 11) is -0.0770. The number of hydrogen-bond acceptors (Lipinski definition) is 3. The molecule has 0 radical (unpaired) electrons. The summed E-state index contributed by atoms with van der Waals surface area (Å²) in [6.45, 7) is 17.3. The highest BCUT2D eigenvalue weighted by Crippen LogP contribution is 2.38. The fourth-order valence-corrected chi connectivity index (χ4v) is 3.46. The average molecular weight is 322 g/mol. The summed E-state index contributed by atoms with van der Waals surface area (Å²) in [5.41, 5.74) is 2.19. The average Bonchev–Trinajstić information content (AvgIpc) is 2.42. The van der Waals surface area contributed by atoms with Crippen LogP contribution in [0.15, 0.2) is 24.9 Å². The molecule has 0 fully saturated rings. The van der Waals surface area contributed by atoms with E-state index in [2.05, 4.69) is 45.4 Å². The van der Waals surface area contributed by atoms with Gasteiger partial charge < -0.3 is 9.16 Å². The van der Waals surface area contributed by atoms with Crippen molar-refractivity contribution in [1.82, 2.24) is 4.98 Å². The third-order valence-corrected chi connectivity index (χ3v) is 9.15. The second kappa shape index (κ2) is 7.42. The van der Waals surface area contributed by atoms with Crippen LogP contribution in [0.5, 0.6) is 5.75 Å². The van der Waals surface area contributed by atoms with Gasteiger partial charge in [0.15, 0.2) is 8.32 Å². The smallest absolute Gasteiger partial charge is 0.192 e. The van der Waals surface area contributed by atoms with Crippen LogP contribution >= 0.6 is 0 Å². The van der Waals surface area contributed by atoms with Crippen molar-refractivity contribution in [1.29, 1.82) is 0 Å². The zero-order valence-corrected chi connectivity index (χ0v) is 16.2. The molecule has 1 rings (SSSR count). The van der Waals surface area contributed by atoms with E-state index in [0.717, 1.165) is 29.8 Å². The summed E-state index contributed by atoms with van der Waals surface area (Å²) in [6.07, 6.45) is 5.57. The van der Waals surface area contributed by atoms with Gasteiger partial charge in [-0.2, -0.15) is 0 Å². The molecule has 0 bridgehead atoms. The number of hydrogen-bond donors (Lipinski definition) is 0. The Hall–Kier alpha value is -1.13. The summed E-state index contributed by atoms with van der Waals surface area (Å²) in [5, 5.41) is 0.205. The molecule has 0 aromatic carbocycles. The lowest BCUT2D eigenvalue weighted by molar-refractivity contribution is 0.215. The maximum atomic E-state index is 6.45. The second-order valence-electron chi connectivity index (χ2n) is 7.27. The monoisotopic (exact) mass is 321 g/mol. The zero-order valence-electron chi connectivity index (χ0n) is 15.2. The number of ether oxygens (including phenoxy) is 1. The van der Waals surface area contributed by atoms with Crippen molar-refractivity contribution < 1.29 is 9.16 Å². The first-order chi connectivity index (χ1) is 10.1. The standard InChI is InChI=1S/C18H31NO2Si/c1-9-15(21-22(7,8)18(3,4)5)10-11-16-14(2)19-13-12-17(16)20-6/h9,12-13,15H,1,10-11H2,2-8H3. The van der Waals surface area contributed by atoms with Crippen LogP contribution in [0, 0.1) is 6.92 Å². The Bertz CT molecular complexity index is 506. The Morgan fingerprint density at radius 2 is 2.00 bits per heavy atom. The van der Waals surface area contributed by atoms with Crippen LogP contribution in [-0.4, -0.2) is 26.5 Å². The molecule has 0 saturated heterocycles. The molecule has 1 aromatic heterocycles. The summed E-state index contributed by atoms with van der Waals surface area (Å²) >= 11 is 0. The fourth-order valence-electron chi connectivity index (χ4n) is 2.14. The molecule has 0 saturated carbocycles. The second-order valence-corrected chi connectivity index (χ2v) is 12.0. The number of aryl methyl sites for hydroxylation is 1. The first-order valence-corrected chi connectivity index (χ1v) is 10.8. The molecule has 1 unspecified atom stereocenters. The highest BCUT2D eigenvalue weighted by molar-refractivity contribution is 6.74. The molecule has 1 atom stereocenters. The van der Waals surface area contributed by atoms with Gasteiger partial charge in [-0.15, -0.1) is 6.58 Å². The summed E-state index contributed by atoms with van der Waals surface area (Å²) < 4.78 is 11.9. The van der Waals surface area contributed by atoms with Gasteiger partial charge in [0, 0.05) is 17.5 Å². The first kappa shape index (κ1) is 18.9. The molecule has 3 nitrogen and oxygen atoms in total. The largest absolute Gasteiger partial charge is 0.496 e. The molecule has 124 valence electrons. The van der Waals surface area contributed by atoms with Crippen molar-refractivity contribution in [3.05, 3.63) is 36.2 Å². The van der Waals surface area contributed by atoms with Crippen LogP contribution in [0.3, 0.4) is 0 Å². The van der Waals surface area contributed by atoms with Crippen molar-refractivity contribution in [3.8, 4) is 5.75 Å². The van der Waals surface area contributed by atoms with Crippen LogP contribution in [0.25, 0.3) is 0 Å². The van der Waals surface area contributed by atoms with E-state index in [1.807, 2.05) is 19.1 Å². The van der Waals surface area contributed by atoms with E-state index >= 15 is 0 Å². The van der Waals surface area contributed by atoms with Gasteiger partial charge in [0.1, 0.15) is 5.75 Å². The third-order valence-electron chi connectivity index (χ3n) is 4.64. The van der Waals surface area contributed by atoms with E-state index in [4.69, 9.17) is 9.16 Å². The predicted octanol–water partition coefficient (Wildman–Crippen LogP) is 4.91. The quantitative estimate of drug-likeness (QED) is 0.528. The third kappa shape index (κ3) is 4.68. The van der Waals surface area contributed by atoms with E-state index < -0.39 is 8.32 Å². The molecule has 0 N–H and O–H groups in total. The van der Waals surface area contributed by atoms with Crippen molar-refractivity contribution in [2.75, 3.05) is 7.11 Å².